The lowest BCUT2D eigenvalue weighted by molar-refractivity contribution is -0.0334. The molecule has 0 aromatic carbocycles. The fourth-order valence-electron chi connectivity index (χ4n) is 1.02. The third-order valence-corrected chi connectivity index (χ3v) is 1.75. The molecule has 1 aliphatic rings. The molecule has 0 aliphatic carbocycles. The Morgan fingerprint density at radius 3 is 2.44 bits per heavy atom. The summed E-state index contributed by atoms with van der Waals surface area (Å²) in [4.78, 5) is 10.8. The van der Waals surface area contributed by atoms with Gasteiger partial charge in [0.05, 0.1) is 44.8 Å². The van der Waals surface area contributed by atoms with E-state index in [4.69, 9.17) is 9.47 Å². The first-order chi connectivity index (χ1) is 7.84. The molecule has 0 spiro atoms. The van der Waals surface area contributed by atoms with Crippen molar-refractivity contribution >= 4 is 5.97 Å². The van der Waals surface area contributed by atoms with Gasteiger partial charge in [-0.1, -0.05) is 0 Å². The number of H-pyrrole nitrogens is 1. The predicted molar refractivity (Wildman–Crippen MR) is 56.2 cm³/mol. The molecular formula is C10H16N2O4. The van der Waals surface area contributed by atoms with Crippen LogP contribution in [0.5, 0.6) is 0 Å². The van der Waals surface area contributed by atoms with Crippen LogP contribution in [0, 0.1) is 0 Å². The summed E-state index contributed by atoms with van der Waals surface area (Å²) < 4.78 is 14.6. The zero-order valence-corrected chi connectivity index (χ0v) is 9.27. The van der Waals surface area contributed by atoms with Crippen molar-refractivity contribution < 1.29 is 19.0 Å². The van der Waals surface area contributed by atoms with Crippen LogP contribution >= 0.6 is 0 Å². The number of ether oxygens (including phenoxy) is 3. The summed E-state index contributed by atoms with van der Waals surface area (Å²) in [5, 5.41) is 6.12. The minimum atomic E-state index is -0.337. The summed E-state index contributed by atoms with van der Waals surface area (Å²) in [5.74, 6) is -0.337. The molecule has 1 aliphatic heterocycles. The number of nitrogens with zero attached hydrogens (tertiary/aromatic N) is 1. The van der Waals surface area contributed by atoms with E-state index in [-0.39, 0.29) is 5.97 Å². The van der Waals surface area contributed by atoms with Crippen molar-refractivity contribution in [1.29, 1.82) is 0 Å². The first-order valence-corrected chi connectivity index (χ1v) is 5.16. The number of nitrogens with one attached hydrogen (secondary N) is 1. The molecule has 1 saturated heterocycles. The number of aromatic amines is 1. The minimum Gasteiger partial charge on any atom is -0.462 e. The summed E-state index contributed by atoms with van der Waals surface area (Å²) >= 11 is 0. The molecule has 16 heavy (non-hydrogen) atoms. The molecule has 0 amide bonds. The van der Waals surface area contributed by atoms with Gasteiger partial charge in [-0.2, -0.15) is 5.10 Å². The van der Waals surface area contributed by atoms with Crippen molar-refractivity contribution in [2.24, 2.45) is 0 Å². The molecule has 1 fully saturated rings. The number of carbonyl (C=O) groups excluding carboxylic acids is 1. The van der Waals surface area contributed by atoms with E-state index in [0.717, 1.165) is 26.4 Å². The number of rotatable bonds is 2. The van der Waals surface area contributed by atoms with Crippen molar-refractivity contribution in [3.63, 3.8) is 0 Å². The Morgan fingerprint density at radius 2 is 2.06 bits per heavy atom. The average molecular weight is 228 g/mol. The fraction of sp³-hybridized carbons (Fsp3) is 0.600. The van der Waals surface area contributed by atoms with Crippen molar-refractivity contribution in [3.8, 4) is 0 Å². The number of carbonyl (C=O) groups is 1. The second-order valence-electron chi connectivity index (χ2n) is 2.93. The molecule has 2 rings (SSSR count). The Balaban J connectivity index is 0.000000181. The molecule has 0 unspecified atom stereocenters. The Bertz CT molecular complexity index is 272. The molecule has 2 heterocycles. The van der Waals surface area contributed by atoms with Crippen molar-refractivity contribution in [3.05, 3.63) is 18.0 Å². The molecule has 0 bridgehead atoms. The monoisotopic (exact) mass is 228 g/mol. The average Bonchev–Trinajstić information content (AvgIpc) is 2.86. The van der Waals surface area contributed by atoms with Crippen LogP contribution < -0.4 is 0 Å². The van der Waals surface area contributed by atoms with E-state index in [1.807, 2.05) is 0 Å². The maximum atomic E-state index is 10.8. The molecule has 1 N–H and O–H groups in total. The maximum absolute atomic E-state index is 10.8. The van der Waals surface area contributed by atoms with Gasteiger partial charge in [0.2, 0.25) is 0 Å². The van der Waals surface area contributed by atoms with Gasteiger partial charge in [0, 0.05) is 6.20 Å². The lowest BCUT2D eigenvalue weighted by atomic mass is 10.4. The van der Waals surface area contributed by atoms with Crippen molar-refractivity contribution in [2.45, 2.75) is 6.92 Å². The van der Waals surface area contributed by atoms with Crippen LogP contribution in [0.1, 0.15) is 17.3 Å². The quantitative estimate of drug-likeness (QED) is 0.751. The molecular weight excluding hydrogens is 212 g/mol. The molecule has 0 saturated carbocycles. The van der Waals surface area contributed by atoms with Crippen LogP contribution in [0.3, 0.4) is 0 Å². The Morgan fingerprint density at radius 1 is 1.44 bits per heavy atom. The van der Waals surface area contributed by atoms with Gasteiger partial charge < -0.3 is 14.2 Å². The van der Waals surface area contributed by atoms with Crippen molar-refractivity contribution in [1.82, 2.24) is 10.2 Å². The largest absolute Gasteiger partial charge is 0.462 e. The minimum absolute atomic E-state index is 0.337. The van der Waals surface area contributed by atoms with Gasteiger partial charge in [0.1, 0.15) is 0 Å². The second kappa shape index (κ2) is 7.84. The molecule has 90 valence electrons. The third kappa shape index (κ3) is 4.90. The first kappa shape index (κ1) is 12.7. The summed E-state index contributed by atoms with van der Waals surface area (Å²) in [6.45, 7) is 5.27. The molecule has 1 aromatic rings. The van der Waals surface area contributed by atoms with E-state index >= 15 is 0 Å². The number of hydrogen-bond acceptors (Lipinski definition) is 5. The van der Waals surface area contributed by atoms with Crippen LogP contribution in [-0.4, -0.2) is 49.2 Å². The van der Waals surface area contributed by atoms with Gasteiger partial charge in [0.15, 0.2) is 0 Å². The standard InChI is InChI=1S/C6H8N2O2.C4H8O2/c1-2-10-6(9)5-3-7-8-4-5;1-2-6-4-3-5-1/h3-4H,2H2,1H3,(H,7,8);1-4H2. The Kier molecular flexibility index (Phi) is 6.20. The van der Waals surface area contributed by atoms with Gasteiger partial charge >= 0.3 is 5.97 Å². The predicted octanol–water partition coefficient (Wildman–Crippen LogP) is 0.620. The van der Waals surface area contributed by atoms with Gasteiger partial charge in [-0.25, -0.2) is 4.79 Å². The summed E-state index contributed by atoms with van der Waals surface area (Å²) in [6, 6.07) is 0. The Hall–Kier alpha value is -1.40. The number of esters is 1. The van der Waals surface area contributed by atoms with Crippen LogP contribution in [-0.2, 0) is 14.2 Å². The topological polar surface area (TPSA) is 73.4 Å². The van der Waals surface area contributed by atoms with Crippen LogP contribution in [0.2, 0.25) is 0 Å². The van der Waals surface area contributed by atoms with Crippen LogP contribution in [0.4, 0.5) is 0 Å². The van der Waals surface area contributed by atoms with Crippen molar-refractivity contribution in [2.75, 3.05) is 33.0 Å². The smallest absolute Gasteiger partial charge is 0.341 e. The highest BCUT2D eigenvalue weighted by Gasteiger charge is 2.05. The third-order valence-electron chi connectivity index (χ3n) is 1.75. The Labute approximate surface area is 93.9 Å². The second-order valence-corrected chi connectivity index (χ2v) is 2.93. The summed E-state index contributed by atoms with van der Waals surface area (Å²) in [7, 11) is 0. The van der Waals surface area contributed by atoms with E-state index in [9.17, 15) is 4.79 Å². The lowest BCUT2D eigenvalue weighted by Gasteiger charge is -2.09. The van der Waals surface area contributed by atoms with Gasteiger partial charge in [-0.3, -0.25) is 5.10 Å². The highest BCUT2D eigenvalue weighted by molar-refractivity contribution is 5.88. The van der Waals surface area contributed by atoms with Gasteiger partial charge in [-0.15, -0.1) is 0 Å². The molecule has 6 nitrogen and oxygen atoms in total. The van der Waals surface area contributed by atoms with E-state index < -0.39 is 0 Å². The fourth-order valence-corrected chi connectivity index (χ4v) is 1.02. The van der Waals surface area contributed by atoms with E-state index in [2.05, 4.69) is 14.9 Å². The first-order valence-electron chi connectivity index (χ1n) is 5.16. The molecule has 0 radical (unpaired) electrons. The summed E-state index contributed by atoms with van der Waals surface area (Å²) in [6.07, 6.45) is 2.93. The summed E-state index contributed by atoms with van der Waals surface area (Å²) in [5.41, 5.74) is 0.460. The maximum Gasteiger partial charge on any atom is 0.341 e. The number of aromatic nitrogens is 2. The van der Waals surface area contributed by atoms with E-state index in [1.165, 1.54) is 12.4 Å². The van der Waals surface area contributed by atoms with E-state index in [1.54, 1.807) is 6.92 Å². The highest BCUT2D eigenvalue weighted by atomic mass is 16.6. The zero-order chi connectivity index (χ0) is 11.6. The van der Waals surface area contributed by atoms with Gasteiger partial charge in [0.25, 0.3) is 0 Å². The molecule has 6 heteroatoms. The van der Waals surface area contributed by atoms with Gasteiger partial charge in [-0.05, 0) is 6.92 Å². The SMILES string of the molecule is C1COCCO1.CCOC(=O)c1cn[nH]c1. The number of hydrogen-bond donors (Lipinski definition) is 1. The molecule has 1 aromatic heterocycles. The highest BCUT2D eigenvalue weighted by Crippen LogP contribution is 1.95. The zero-order valence-electron chi connectivity index (χ0n) is 9.27. The molecule has 0 atom stereocenters. The lowest BCUT2D eigenvalue weighted by Crippen LogP contribution is -2.16. The van der Waals surface area contributed by atoms with Crippen LogP contribution in [0.15, 0.2) is 12.4 Å². The normalized spacial score (nSPS) is 14.8. The van der Waals surface area contributed by atoms with E-state index in [0.29, 0.717) is 12.2 Å². The van der Waals surface area contributed by atoms with Crippen LogP contribution in [0.25, 0.3) is 0 Å².